The van der Waals surface area contributed by atoms with Crippen LogP contribution in [-0.4, -0.2) is 34.5 Å². The second kappa shape index (κ2) is 4.35. The van der Waals surface area contributed by atoms with Gasteiger partial charge in [-0.1, -0.05) is 0 Å². The minimum Gasteiger partial charge on any atom is -0.495 e. The van der Waals surface area contributed by atoms with Crippen molar-refractivity contribution >= 4 is 15.9 Å². The van der Waals surface area contributed by atoms with Crippen molar-refractivity contribution in [2.24, 2.45) is 46.8 Å². The number of amides is 1. The van der Waals surface area contributed by atoms with Gasteiger partial charge < -0.3 is 10.1 Å². The van der Waals surface area contributed by atoms with Crippen molar-refractivity contribution in [2.75, 3.05) is 20.2 Å². The van der Waals surface area contributed by atoms with E-state index in [0.717, 1.165) is 59.8 Å². The van der Waals surface area contributed by atoms with Gasteiger partial charge in [0.1, 0.15) is 10.6 Å². The summed E-state index contributed by atoms with van der Waals surface area (Å²) >= 11 is 0. The molecule has 6 fully saturated rings. The van der Waals surface area contributed by atoms with Crippen LogP contribution in [0.15, 0.2) is 17.0 Å². The Morgan fingerprint density at radius 3 is 2.56 bits per heavy atom. The molecule has 0 spiro atoms. The fourth-order valence-electron chi connectivity index (χ4n) is 8.29. The number of nitrogens with one attached hydrogen (secondary N) is 2. The van der Waals surface area contributed by atoms with Crippen molar-refractivity contribution in [2.45, 2.75) is 17.7 Å². The topological polar surface area (TPSA) is 84.5 Å². The van der Waals surface area contributed by atoms with E-state index in [4.69, 9.17) is 4.74 Å². The van der Waals surface area contributed by atoms with Crippen LogP contribution < -0.4 is 14.8 Å². The largest absolute Gasteiger partial charge is 0.495 e. The van der Waals surface area contributed by atoms with Gasteiger partial charge in [-0.15, -0.1) is 0 Å². The maximum absolute atomic E-state index is 13.1. The second-order valence-electron chi connectivity index (χ2n) is 9.34. The minimum atomic E-state index is -3.72. The average Bonchev–Trinajstić information content (AvgIpc) is 2.87. The maximum Gasteiger partial charge on any atom is 0.251 e. The Morgan fingerprint density at radius 1 is 1.19 bits per heavy atom. The second-order valence-corrected chi connectivity index (χ2v) is 11.1. The van der Waals surface area contributed by atoms with Crippen molar-refractivity contribution < 1.29 is 17.9 Å². The van der Waals surface area contributed by atoms with E-state index >= 15 is 0 Å². The van der Waals surface area contributed by atoms with E-state index in [2.05, 4.69) is 10.0 Å². The number of fused-ring (bicyclic) bond motifs is 1. The fourth-order valence-corrected chi connectivity index (χ4v) is 9.56. The van der Waals surface area contributed by atoms with Crippen molar-refractivity contribution in [3.05, 3.63) is 23.3 Å². The summed E-state index contributed by atoms with van der Waals surface area (Å²) in [7, 11) is -2.24. The molecule has 7 aliphatic rings. The van der Waals surface area contributed by atoms with Gasteiger partial charge in [0.2, 0.25) is 10.0 Å². The number of hydrogen-bond donors (Lipinski definition) is 2. The molecule has 142 valence electrons. The Morgan fingerprint density at radius 2 is 1.89 bits per heavy atom. The normalized spacial score (nSPS) is 46.3. The van der Waals surface area contributed by atoms with E-state index in [1.807, 2.05) is 0 Å². The van der Waals surface area contributed by atoms with Crippen molar-refractivity contribution in [3.8, 4) is 5.75 Å². The Bertz CT molecular complexity index is 982. The predicted octanol–water partition coefficient (Wildman–Crippen LogP) is 1.02. The van der Waals surface area contributed by atoms with E-state index in [0.29, 0.717) is 24.4 Å². The molecule has 0 aromatic heterocycles. The van der Waals surface area contributed by atoms with Crippen LogP contribution in [0.1, 0.15) is 22.3 Å². The number of aryl methyl sites for hydroxylation is 1. The van der Waals surface area contributed by atoms with E-state index in [9.17, 15) is 13.2 Å². The lowest BCUT2D eigenvalue weighted by Crippen LogP contribution is -3.06. The number of benzene rings is 1. The molecular formula is C20H22N2O4S. The standard InChI is InChI=1S/C20H22N2O4S/c1-26-10-5-8-3-2-4-21-19(23)9(8)6-11(10)27(24,25)22-7-20-16-13-12-14(16)18(20)15(12)17(13)20/h5-6,12-18,22H,2-4,7H2,1H3,(H,21,23). The molecule has 1 amide bonds. The highest BCUT2D eigenvalue weighted by atomic mass is 32.2. The molecule has 6 nitrogen and oxygen atoms in total. The molecule has 1 aliphatic heterocycles. The Labute approximate surface area is 158 Å². The van der Waals surface area contributed by atoms with Gasteiger partial charge in [-0.05, 0) is 77.4 Å². The summed E-state index contributed by atoms with van der Waals surface area (Å²) in [6.07, 6.45) is 1.57. The van der Waals surface area contributed by atoms with Crippen LogP contribution in [0, 0.1) is 46.8 Å². The van der Waals surface area contributed by atoms with Gasteiger partial charge in [-0.25, -0.2) is 13.1 Å². The minimum absolute atomic E-state index is 0.0812. The number of carbonyl (C=O) groups is 1. The van der Waals surface area contributed by atoms with Gasteiger partial charge in [0, 0.05) is 18.7 Å². The third-order valence-electron chi connectivity index (χ3n) is 9.08. The van der Waals surface area contributed by atoms with Crippen LogP contribution >= 0.6 is 0 Å². The van der Waals surface area contributed by atoms with Gasteiger partial charge in [-0.3, -0.25) is 4.79 Å². The number of methoxy groups -OCH3 is 1. The summed E-state index contributed by atoms with van der Waals surface area (Å²) < 4.78 is 34.5. The molecule has 8 rings (SSSR count). The number of ether oxygens (including phenoxy) is 1. The van der Waals surface area contributed by atoms with Gasteiger partial charge in [0.15, 0.2) is 0 Å². The molecule has 1 heterocycles. The molecule has 27 heavy (non-hydrogen) atoms. The van der Waals surface area contributed by atoms with Crippen molar-refractivity contribution in [1.29, 1.82) is 0 Å². The third kappa shape index (κ3) is 1.37. The first-order valence-electron chi connectivity index (χ1n) is 9.99. The molecule has 6 aliphatic carbocycles. The van der Waals surface area contributed by atoms with E-state index in [1.165, 1.54) is 13.2 Å². The highest BCUT2D eigenvalue weighted by Crippen LogP contribution is 3.05. The van der Waals surface area contributed by atoms with Gasteiger partial charge in [0.25, 0.3) is 5.91 Å². The van der Waals surface area contributed by atoms with Crippen LogP contribution in [-0.2, 0) is 16.4 Å². The molecule has 0 saturated heterocycles. The first-order valence-corrected chi connectivity index (χ1v) is 11.5. The van der Waals surface area contributed by atoms with Crippen molar-refractivity contribution in [3.63, 3.8) is 0 Å². The van der Waals surface area contributed by atoms with E-state index in [1.54, 1.807) is 6.07 Å². The number of carbonyl (C=O) groups excluding carboxylic acids is 1. The lowest BCUT2D eigenvalue weighted by atomic mass is 8.96. The van der Waals surface area contributed by atoms with Gasteiger partial charge in [-0.2, -0.15) is 0 Å². The van der Waals surface area contributed by atoms with Crippen molar-refractivity contribution in [1.82, 2.24) is 10.0 Å². The highest BCUT2D eigenvalue weighted by Gasteiger charge is 3.03. The lowest BCUT2D eigenvalue weighted by molar-refractivity contribution is -0.611. The van der Waals surface area contributed by atoms with E-state index in [-0.39, 0.29) is 16.2 Å². The molecule has 2 N–H and O–H groups in total. The van der Waals surface area contributed by atoms with Crippen LogP contribution in [0.2, 0.25) is 0 Å². The summed E-state index contributed by atoms with van der Waals surface area (Å²) in [6.45, 7) is 1.16. The number of sulfonamides is 1. The predicted molar refractivity (Wildman–Crippen MR) is 95.7 cm³/mol. The molecule has 6 saturated carbocycles. The number of hydrogen-bond acceptors (Lipinski definition) is 4. The zero-order chi connectivity index (χ0) is 18.3. The molecule has 1 aromatic carbocycles. The first-order chi connectivity index (χ1) is 13.0. The highest BCUT2D eigenvalue weighted by molar-refractivity contribution is 7.89. The SMILES string of the molecule is COc1cc2c(cc1S(=O)(=O)NCC13C4C5C6C4C1C6C53)C(=O)NCCC2. The molecule has 0 unspecified atom stereocenters. The Hall–Kier alpha value is -1.60. The number of rotatable bonds is 5. The quantitative estimate of drug-likeness (QED) is 0.791. The first kappa shape index (κ1) is 15.3. The third-order valence-corrected chi connectivity index (χ3v) is 10.5. The van der Waals surface area contributed by atoms with Gasteiger partial charge in [0.05, 0.1) is 7.11 Å². The van der Waals surface area contributed by atoms with Crippen LogP contribution in [0.5, 0.6) is 5.75 Å². The monoisotopic (exact) mass is 386 g/mol. The summed E-state index contributed by atoms with van der Waals surface area (Å²) in [5.74, 6) is 6.32. The van der Waals surface area contributed by atoms with E-state index < -0.39 is 10.0 Å². The van der Waals surface area contributed by atoms with Crippen LogP contribution in [0.3, 0.4) is 0 Å². The van der Waals surface area contributed by atoms with Crippen LogP contribution in [0.4, 0.5) is 0 Å². The summed E-state index contributed by atoms with van der Waals surface area (Å²) in [6, 6.07) is 3.22. The molecule has 1 aromatic rings. The zero-order valence-electron chi connectivity index (χ0n) is 15.1. The average molecular weight is 386 g/mol. The Kier molecular flexibility index (Phi) is 2.47. The van der Waals surface area contributed by atoms with Crippen LogP contribution in [0.25, 0.3) is 0 Å². The summed E-state index contributed by atoms with van der Waals surface area (Å²) in [4.78, 5) is 12.4. The summed E-state index contributed by atoms with van der Waals surface area (Å²) in [5, 5.41) is 2.84. The molecule has 7 heteroatoms. The fraction of sp³-hybridized carbons (Fsp3) is 0.650. The Balaban J connectivity index is 1.20. The molecule has 0 bridgehead atoms. The smallest absolute Gasteiger partial charge is 0.251 e. The summed E-state index contributed by atoms with van der Waals surface area (Å²) in [5.41, 5.74) is 1.57. The molecular weight excluding hydrogens is 364 g/mol. The maximum atomic E-state index is 13.1. The lowest BCUT2D eigenvalue weighted by Gasteiger charge is -3.08. The van der Waals surface area contributed by atoms with Gasteiger partial charge >= 0.3 is 0 Å². The molecule has 0 atom stereocenters. The zero-order valence-corrected chi connectivity index (χ0v) is 15.9. The molecule has 0 radical (unpaired) electrons.